The van der Waals surface area contributed by atoms with Gasteiger partial charge >= 0.3 is 0 Å². The number of hydrogen-bond acceptors (Lipinski definition) is 6. The standard InChI is InChI=1S/C28H24N4O2S/c1-16-11-12-22(17(2)13-16)32-27(33)19-8-4-3-7-18(19)21(28(32)34)14-29-25-24-20-9-5-6-10-23(20)35-26(24)31-15-30-25/h3-4,7-8,11-15,34H,5-6,9-10H2,1-2H3/b29-14+. The maximum absolute atomic E-state index is 13.5. The Morgan fingerprint density at radius 1 is 1.06 bits per heavy atom. The molecule has 0 amide bonds. The number of aromatic hydroxyl groups is 1. The predicted molar refractivity (Wildman–Crippen MR) is 142 cm³/mol. The van der Waals surface area contributed by atoms with Gasteiger partial charge in [0, 0.05) is 21.9 Å². The van der Waals surface area contributed by atoms with Gasteiger partial charge in [-0.25, -0.2) is 19.5 Å². The van der Waals surface area contributed by atoms with Crippen LogP contribution >= 0.6 is 11.3 Å². The number of hydrogen-bond donors (Lipinski definition) is 1. The van der Waals surface area contributed by atoms with Crippen molar-refractivity contribution in [2.45, 2.75) is 39.5 Å². The van der Waals surface area contributed by atoms with E-state index < -0.39 is 0 Å². The lowest BCUT2D eigenvalue weighted by Crippen LogP contribution is -2.21. The zero-order valence-electron chi connectivity index (χ0n) is 19.6. The van der Waals surface area contributed by atoms with Crippen molar-refractivity contribution in [3.8, 4) is 11.6 Å². The van der Waals surface area contributed by atoms with E-state index in [9.17, 15) is 9.90 Å². The van der Waals surface area contributed by atoms with Crippen LogP contribution in [0.3, 0.4) is 0 Å². The lowest BCUT2D eigenvalue weighted by atomic mass is 9.97. The molecule has 5 aromatic rings. The highest BCUT2D eigenvalue weighted by Gasteiger charge is 2.21. The van der Waals surface area contributed by atoms with Gasteiger partial charge in [-0.2, -0.15) is 0 Å². The van der Waals surface area contributed by atoms with Gasteiger partial charge in [0.1, 0.15) is 11.2 Å². The van der Waals surface area contributed by atoms with Crippen molar-refractivity contribution in [1.29, 1.82) is 0 Å². The molecule has 0 spiro atoms. The molecule has 1 N–H and O–H groups in total. The van der Waals surface area contributed by atoms with E-state index in [0.29, 0.717) is 27.8 Å². The molecule has 6 nitrogen and oxygen atoms in total. The van der Waals surface area contributed by atoms with Crippen molar-refractivity contribution >= 4 is 44.4 Å². The largest absolute Gasteiger partial charge is 0.494 e. The van der Waals surface area contributed by atoms with Crippen LogP contribution in [0, 0.1) is 13.8 Å². The number of thiophene rings is 1. The Kier molecular flexibility index (Phi) is 5.22. The van der Waals surface area contributed by atoms with E-state index in [1.54, 1.807) is 29.9 Å². The Labute approximate surface area is 206 Å². The summed E-state index contributed by atoms with van der Waals surface area (Å²) in [5.41, 5.74) is 4.17. The van der Waals surface area contributed by atoms with Crippen molar-refractivity contribution in [3.63, 3.8) is 0 Å². The Bertz CT molecular complexity index is 1710. The van der Waals surface area contributed by atoms with E-state index >= 15 is 0 Å². The second kappa shape index (κ2) is 8.43. The molecule has 0 bridgehead atoms. The molecule has 7 heteroatoms. The van der Waals surface area contributed by atoms with Gasteiger partial charge in [0.15, 0.2) is 5.82 Å². The van der Waals surface area contributed by atoms with Crippen molar-refractivity contribution < 1.29 is 5.11 Å². The monoisotopic (exact) mass is 480 g/mol. The first kappa shape index (κ1) is 21.7. The quantitative estimate of drug-likeness (QED) is 0.324. The van der Waals surface area contributed by atoms with Crippen molar-refractivity contribution in [3.05, 3.63) is 86.3 Å². The Hall–Kier alpha value is -3.84. The number of aryl methyl sites for hydroxylation is 4. The van der Waals surface area contributed by atoms with Crippen LogP contribution in [0.2, 0.25) is 0 Å². The number of pyridine rings is 1. The molecule has 0 saturated carbocycles. The first-order valence-electron chi connectivity index (χ1n) is 11.8. The summed E-state index contributed by atoms with van der Waals surface area (Å²) in [6.45, 7) is 3.94. The number of rotatable bonds is 3. The molecular formula is C28H24N4O2S. The van der Waals surface area contributed by atoms with Crippen LogP contribution in [-0.2, 0) is 12.8 Å². The van der Waals surface area contributed by atoms with Gasteiger partial charge in [0.05, 0.1) is 16.6 Å². The molecule has 1 aliphatic carbocycles. The van der Waals surface area contributed by atoms with Gasteiger partial charge < -0.3 is 5.11 Å². The van der Waals surface area contributed by atoms with E-state index in [1.807, 2.05) is 50.2 Å². The Morgan fingerprint density at radius 2 is 1.86 bits per heavy atom. The zero-order valence-corrected chi connectivity index (χ0v) is 20.4. The first-order valence-corrected chi connectivity index (χ1v) is 12.6. The Balaban J connectivity index is 1.58. The highest BCUT2D eigenvalue weighted by molar-refractivity contribution is 7.19. The van der Waals surface area contributed by atoms with Gasteiger partial charge in [0.25, 0.3) is 5.56 Å². The van der Waals surface area contributed by atoms with Gasteiger partial charge in [-0.15, -0.1) is 11.3 Å². The molecule has 0 radical (unpaired) electrons. The number of benzene rings is 2. The van der Waals surface area contributed by atoms with Gasteiger partial charge in [0.2, 0.25) is 5.88 Å². The van der Waals surface area contributed by atoms with Crippen LogP contribution < -0.4 is 5.56 Å². The molecule has 0 atom stereocenters. The van der Waals surface area contributed by atoms with E-state index in [2.05, 4.69) is 9.97 Å². The topological polar surface area (TPSA) is 80.4 Å². The molecular weight excluding hydrogens is 456 g/mol. The van der Waals surface area contributed by atoms with Crippen LogP contribution in [0.4, 0.5) is 5.82 Å². The molecule has 1 aliphatic rings. The molecule has 174 valence electrons. The minimum Gasteiger partial charge on any atom is -0.494 e. The highest BCUT2D eigenvalue weighted by atomic mass is 32.1. The lowest BCUT2D eigenvalue weighted by Gasteiger charge is -2.16. The molecule has 3 heterocycles. The van der Waals surface area contributed by atoms with Crippen molar-refractivity contribution in [1.82, 2.24) is 14.5 Å². The maximum atomic E-state index is 13.5. The summed E-state index contributed by atoms with van der Waals surface area (Å²) in [7, 11) is 0. The molecule has 0 fully saturated rings. The van der Waals surface area contributed by atoms with Gasteiger partial charge in [-0.1, -0.05) is 35.9 Å². The molecule has 3 aromatic heterocycles. The second-order valence-corrected chi connectivity index (χ2v) is 10.1. The summed E-state index contributed by atoms with van der Waals surface area (Å²) in [5, 5.41) is 13.6. The fourth-order valence-corrected chi connectivity index (χ4v) is 6.29. The normalized spacial score (nSPS) is 13.7. The smallest absolute Gasteiger partial charge is 0.265 e. The summed E-state index contributed by atoms with van der Waals surface area (Å²) < 4.78 is 1.38. The van der Waals surface area contributed by atoms with Crippen LogP contribution in [0.5, 0.6) is 5.88 Å². The van der Waals surface area contributed by atoms with E-state index in [4.69, 9.17) is 4.99 Å². The molecule has 0 unspecified atom stereocenters. The summed E-state index contributed by atoms with van der Waals surface area (Å²) in [6, 6.07) is 13.1. The summed E-state index contributed by atoms with van der Waals surface area (Å²) >= 11 is 1.73. The maximum Gasteiger partial charge on any atom is 0.265 e. The van der Waals surface area contributed by atoms with E-state index in [1.165, 1.54) is 21.4 Å². The van der Waals surface area contributed by atoms with Gasteiger partial charge in [-0.05, 0) is 62.8 Å². The third-order valence-corrected chi connectivity index (χ3v) is 7.94. The van der Waals surface area contributed by atoms with Crippen LogP contribution in [0.1, 0.15) is 40.0 Å². The van der Waals surface area contributed by atoms with E-state index in [-0.39, 0.29) is 11.4 Å². The zero-order chi connectivity index (χ0) is 24.1. The third-order valence-electron chi connectivity index (χ3n) is 6.74. The third kappa shape index (κ3) is 3.54. The lowest BCUT2D eigenvalue weighted by molar-refractivity contribution is 0.436. The number of aliphatic imine (C=N–C) groups is 1. The second-order valence-electron chi connectivity index (χ2n) is 9.06. The first-order chi connectivity index (χ1) is 17.0. The average molecular weight is 481 g/mol. The highest BCUT2D eigenvalue weighted by Crippen LogP contribution is 2.39. The summed E-state index contributed by atoms with van der Waals surface area (Å²) in [5.74, 6) is 0.462. The fraction of sp³-hybridized carbons (Fsp3) is 0.214. The fourth-order valence-electron chi connectivity index (χ4n) is 5.07. The van der Waals surface area contributed by atoms with Crippen LogP contribution in [0.25, 0.3) is 26.7 Å². The minimum atomic E-state index is -0.265. The molecule has 0 aliphatic heterocycles. The molecule has 6 rings (SSSR count). The summed E-state index contributed by atoms with van der Waals surface area (Å²) in [6.07, 6.45) is 7.62. The Morgan fingerprint density at radius 3 is 2.69 bits per heavy atom. The number of nitrogens with zero attached hydrogens (tertiary/aromatic N) is 4. The molecule has 2 aromatic carbocycles. The van der Waals surface area contributed by atoms with Crippen LogP contribution in [-0.4, -0.2) is 25.9 Å². The molecule has 35 heavy (non-hydrogen) atoms. The number of aromatic nitrogens is 3. The van der Waals surface area contributed by atoms with Crippen LogP contribution in [0.15, 0.2) is 58.6 Å². The van der Waals surface area contributed by atoms with Crippen molar-refractivity contribution in [2.75, 3.05) is 0 Å². The minimum absolute atomic E-state index is 0.137. The number of fused-ring (bicyclic) bond motifs is 4. The average Bonchev–Trinajstić information content (AvgIpc) is 3.25. The molecule has 0 saturated heterocycles. The summed E-state index contributed by atoms with van der Waals surface area (Å²) in [4.78, 5) is 29.5. The van der Waals surface area contributed by atoms with Crippen molar-refractivity contribution in [2.24, 2.45) is 4.99 Å². The predicted octanol–water partition coefficient (Wildman–Crippen LogP) is 5.95. The van der Waals surface area contributed by atoms with E-state index in [0.717, 1.165) is 40.6 Å². The van der Waals surface area contributed by atoms with Gasteiger partial charge in [-0.3, -0.25) is 4.79 Å². The SMILES string of the molecule is Cc1ccc(-n2c(O)c(/C=N/c3ncnc4sc5c(c34)CCCC5)c3ccccc3c2=O)c(C)c1.